The highest BCUT2D eigenvalue weighted by molar-refractivity contribution is 5.92. The number of hydrogen-bond acceptors (Lipinski definition) is 3. The van der Waals surface area contributed by atoms with Gasteiger partial charge in [-0.3, -0.25) is 9.59 Å². The molecule has 0 fully saturated rings. The van der Waals surface area contributed by atoms with Crippen LogP contribution < -0.4 is 10.1 Å². The van der Waals surface area contributed by atoms with Gasteiger partial charge in [0.05, 0.1) is 0 Å². The van der Waals surface area contributed by atoms with Gasteiger partial charge in [0, 0.05) is 26.2 Å². The molecule has 5 heteroatoms. The molecule has 2 amide bonds. The summed E-state index contributed by atoms with van der Waals surface area (Å²) < 4.78 is 5.60. The van der Waals surface area contributed by atoms with Gasteiger partial charge >= 0.3 is 0 Å². The maximum Gasteiger partial charge on any atom is 0.262 e. The highest BCUT2D eigenvalue weighted by Gasteiger charge is 2.08. The van der Waals surface area contributed by atoms with Gasteiger partial charge in [-0.2, -0.15) is 0 Å². The third-order valence-corrected chi connectivity index (χ3v) is 4.03. The summed E-state index contributed by atoms with van der Waals surface area (Å²) in [6, 6.07) is 13.4. The Labute approximate surface area is 155 Å². The summed E-state index contributed by atoms with van der Waals surface area (Å²) in [6.45, 7) is 3.93. The highest BCUT2D eigenvalue weighted by atomic mass is 16.5. The Balaban J connectivity index is 1.88. The van der Waals surface area contributed by atoms with E-state index in [1.165, 1.54) is 0 Å². The smallest absolute Gasteiger partial charge is 0.262 e. The number of amides is 2. The summed E-state index contributed by atoms with van der Waals surface area (Å²) in [5.41, 5.74) is 3.87. The quantitative estimate of drug-likeness (QED) is 0.830. The average Bonchev–Trinajstić information content (AvgIpc) is 2.59. The van der Waals surface area contributed by atoms with Crippen LogP contribution in [0, 0.1) is 13.8 Å². The van der Waals surface area contributed by atoms with Crippen LogP contribution in [0.2, 0.25) is 0 Å². The highest BCUT2D eigenvalue weighted by Crippen LogP contribution is 2.19. The summed E-state index contributed by atoms with van der Waals surface area (Å²) in [5, 5.41) is 2.83. The molecule has 2 rings (SSSR count). The number of nitrogens with zero attached hydrogens (tertiary/aromatic N) is 1. The van der Waals surface area contributed by atoms with Crippen LogP contribution in [0.5, 0.6) is 5.75 Å². The molecule has 0 aliphatic heterocycles. The molecule has 0 aliphatic rings. The second-order valence-electron chi connectivity index (χ2n) is 6.59. The van der Waals surface area contributed by atoms with Gasteiger partial charge in [0.25, 0.3) is 5.91 Å². The normalized spacial score (nSPS) is 10.3. The lowest BCUT2D eigenvalue weighted by Crippen LogP contribution is -2.22. The Morgan fingerprint density at radius 3 is 2.54 bits per heavy atom. The predicted octanol–water partition coefficient (Wildman–Crippen LogP) is 3.34. The van der Waals surface area contributed by atoms with Gasteiger partial charge in [-0.15, -0.1) is 0 Å². The zero-order valence-electron chi connectivity index (χ0n) is 15.8. The van der Waals surface area contributed by atoms with Crippen molar-refractivity contribution in [3.05, 3.63) is 59.2 Å². The van der Waals surface area contributed by atoms with Crippen LogP contribution in [0.3, 0.4) is 0 Å². The standard InChI is InChI=1S/C21H26N2O3/c1-15-8-10-19(16(2)12-15)26-14-20(24)22-18-7-5-6-17(13-18)9-11-21(25)23(3)4/h5-8,10,12-13H,9,11,14H2,1-4H3,(H,22,24). The van der Waals surface area contributed by atoms with E-state index in [1.807, 2.05) is 56.3 Å². The fraction of sp³-hybridized carbons (Fsp3) is 0.333. The van der Waals surface area contributed by atoms with E-state index in [1.54, 1.807) is 19.0 Å². The summed E-state index contributed by atoms with van der Waals surface area (Å²) in [7, 11) is 3.49. The topological polar surface area (TPSA) is 58.6 Å². The minimum Gasteiger partial charge on any atom is -0.483 e. The largest absolute Gasteiger partial charge is 0.483 e. The maximum atomic E-state index is 12.1. The van der Waals surface area contributed by atoms with E-state index in [0.717, 1.165) is 16.7 Å². The van der Waals surface area contributed by atoms with Gasteiger partial charge in [-0.1, -0.05) is 29.8 Å². The molecular weight excluding hydrogens is 328 g/mol. The third kappa shape index (κ3) is 5.92. The van der Waals surface area contributed by atoms with E-state index >= 15 is 0 Å². The fourth-order valence-corrected chi connectivity index (χ4v) is 2.58. The SMILES string of the molecule is Cc1ccc(OCC(=O)Nc2cccc(CCC(=O)N(C)C)c2)c(C)c1. The van der Waals surface area contributed by atoms with Crippen molar-refractivity contribution in [1.29, 1.82) is 0 Å². The molecule has 2 aromatic carbocycles. The molecule has 2 aromatic rings. The molecular formula is C21H26N2O3. The maximum absolute atomic E-state index is 12.1. The number of ether oxygens (including phenoxy) is 1. The Bertz CT molecular complexity index is 785. The summed E-state index contributed by atoms with van der Waals surface area (Å²) in [4.78, 5) is 25.4. The van der Waals surface area contributed by atoms with Crippen LogP contribution in [-0.2, 0) is 16.0 Å². The monoisotopic (exact) mass is 354 g/mol. The molecule has 0 unspecified atom stereocenters. The van der Waals surface area contributed by atoms with E-state index in [9.17, 15) is 9.59 Å². The second-order valence-corrected chi connectivity index (χ2v) is 6.59. The minimum absolute atomic E-state index is 0.0484. The minimum atomic E-state index is -0.216. The van der Waals surface area contributed by atoms with Gasteiger partial charge in [-0.25, -0.2) is 0 Å². The second kappa shape index (κ2) is 9.04. The molecule has 5 nitrogen and oxygen atoms in total. The van der Waals surface area contributed by atoms with Crippen molar-refractivity contribution in [2.75, 3.05) is 26.0 Å². The van der Waals surface area contributed by atoms with Crippen molar-refractivity contribution in [3.63, 3.8) is 0 Å². The number of nitrogens with one attached hydrogen (secondary N) is 1. The van der Waals surface area contributed by atoms with Crippen molar-refractivity contribution >= 4 is 17.5 Å². The lowest BCUT2D eigenvalue weighted by molar-refractivity contribution is -0.128. The van der Waals surface area contributed by atoms with Crippen molar-refractivity contribution in [3.8, 4) is 5.75 Å². The number of anilines is 1. The predicted molar refractivity (Wildman–Crippen MR) is 103 cm³/mol. The number of benzene rings is 2. The van der Waals surface area contributed by atoms with E-state index in [2.05, 4.69) is 5.32 Å². The lowest BCUT2D eigenvalue weighted by atomic mass is 10.1. The average molecular weight is 354 g/mol. The first-order valence-electron chi connectivity index (χ1n) is 8.64. The molecule has 26 heavy (non-hydrogen) atoms. The molecule has 0 saturated carbocycles. The summed E-state index contributed by atoms with van der Waals surface area (Å²) in [6.07, 6.45) is 1.08. The number of rotatable bonds is 7. The van der Waals surface area contributed by atoms with Crippen LogP contribution in [0.25, 0.3) is 0 Å². The van der Waals surface area contributed by atoms with Crippen molar-refractivity contribution in [2.24, 2.45) is 0 Å². The Morgan fingerprint density at radius 2 is 1.85 bits per heavy atom. The fourth-order valence-electron chi connectivity index (χ4n) is 2.58. The van der Waals surface area contributed by atoms with Gasteiger partial charge in [-0.05, 0) is 49.6 Å². The zero-order valence-corrected chi connectivity index (χ0v) is 15.8. The molecule has 1 N–H and O–H groups in total. The van der Waals surface area contributed by atoms with Gasteiger partial charge < -0.3 is 15.0 Å². The number of hydrogen-bond donors (Lipinski definition) is 1. The van der Waals surface area contributed by atoms with Crippen LogP contribution in [-0.4, -0.2) is 37.4 Å². The van der Waals surface area contributed by atoms with Gasteiger partial charge in [0.1, 0.15) is 5.75 Å². The molecule has 0 aromatic heterocycles. The van der Waals surface area contributed by atoms with Crippen molar-refractivity contribution in [2.45, 2.75) is 26.7 Å². The lowest BCUT2D eigenvalue weighted by Gasteiger charge is -2.12. The van der Waals surface area contributed by atoms with Crippen LogP contribution >= 0.6 is 0 Å². The third-order valence-electron chi connectivity index (χ3n) is 4.03. The summed E-state index contributed by atoms with van der Waals surface area (Å²) >= 11 is 0. The summed E-state index contributed by atoms with van der Waals surface area (Å²) in [5.74, 6) is 0.578. The van der Waals surface area contributed by atoms with Gasteiger partial charge in [0.2, 0.25) is 5.91 Å². The van der Waals surface area contributed by atoms with Gasteiger partial charge in [0.15, 0.2) is 6.61 Å². The van der Waals surface area contributed by atoms with Crippen molar-refractivity contribution < 1.29 is 14.3 Å². The molecule has 0 heterocycles. The van der Waals surface area contributed by atoms with E-state index in [-0.39, 0.29) is 18.4 Å². The van der Waals surface area contributed by atoms with E-state index in [0.29, 0.717) is 24.3 Å². The van der Waals surface area contributed by atoms with Crippen LogP contribution in [0.4, 0.5) is 5.69 Å². The van der Waals surface area contributed by atoms with Crippen molar-refractivity contribution in [1.82, 2.24) is 4.90 Å². The zero-order chi connectivity index (χ0) is 19.1. The first kappa shape index (κ1) is 19.5. The molecule has 0 atom stereocenters. The Kier molecular flexibility index (Phi) is 6.78. The van der Waals surface area contributed by atoms with E-state index < -0.39 is 0 Å². The molecule has 0 radical (unpaired) electrons. The van der Waals surface area contributed by atoms with E-state index in [4.69, 9.17) is 4.74 Å². The number of aryl methyl sites for hydroxylation is 3. The molecule has 0 bridgehead atoms. The molecule has 0 spiro atoms. The Hall–Kier alpha value is -2.82. The molecule has 138 valence electrons. The molecule has 0 aliphatic carbocycles. The van der Waals surface area contributed by atoms with Crippen LogP contribution in [0.1, 0.15) is 23.1 Å². The first-order chi connectivity index (χ1) is 12.3. The number of carbonyl (C=O) groups excluding carboxylic acids is 2. The molecule has 0 saturated heterocycles. The van der Waals surface area contributed by atoms with Crippen LogP contribution in [0.15, 0.2) is 42.5 Å². The first-order valence-corrected chi connectivity index (χ1v) is 8.64. The number of carbonyl (C=O) groups is 2. The Morgan fingerprint density at radius 1 is 1.08 bits per heavy atom.